The van der Waals surface area contributed by atoms with Gasteiger partial charge in [-0.05, 0) is 15.9 Å². The van der Waals surface area contributed by atoms with E-state index < -0.39 is 13.0 Å². The molecule has 78 valence electrons. The number of alkyl halides is 3. The molecule has 0 aliphatic heterocycles. The molecule has 6 heteroatoms. The van der Waals surface area contributed by atoms with Crippen molar-refractivity contribution in [2.45, 2.75) is 18.9 Å². The molecule has 1 rings (SSSR count). The summed E-state index contributed by atoms with van der Waals surface area (Å²) in [6.45, 7) is -0.468. The maximum Gasteiger partial charge on any atom is 0.264 e. The molecule has 0 fully saturated rings. The second-order valence-corrected chi connectivity index (χ2v) is 3.58. The first-order valence-corrected chi connectivity index (χ1v) is 5.05. The van der Waals surface area contributed by atoms with Gasteiger partial charge in [-0.15, -0.1) is 11.6 Å². The van der Waals surface area contributed by atoms with Crippen LogP contribution in [0.4, 0.5) is 8.78 Å². The molecule has 1 aromatic heterocycles. The Morgan fingerprint density at radius 2 is 2.21 bits per heavy atom. The van der Waals surface area contributed by atoms with E-state index in [0.29, 0.717) is 4.60 Å². The summed E-state index contributed by atoms with van der Waals surface area (Å²) in [5.41, 5.74) is 0.108. The number of rotatable bonds is 3. The Morgan fingerprint density at radius 3 is 2.64 bits per heavy atom. The van der Waals surface area contributed by atoms with Crippen LogP contribution in [0, 0.1) is 0 Å². The van der Waals surface area contributed by atoms with E-state index in [-0.39, 0.29) is 22.6 Å². The largest absolute Gasteiger partial charge is 0.392 e. The normalized spacial score (nSPS) is 11.0. The monoisotopic (exact) mass is 285 g/mol. The van der Waals surface area contributed by atoms with Crippen LogP contribution in [0.5, 0.6) is 0 Å². The molecule has 2 nitrogen and oxygen atoms in total. The van der Waals surface area contributed by atoms with Gasteiger partial charge in [-0.2, -0.15) is 0 Å². The van der Waals surface area contributed by atoms with Gasteiger partial charge in [-0.3, -0.25) is 0 Å². The number of aliphatic hydroxyl groups excluding tert-OH is 1. The molecule has 0 aliphatic carbocycles. The van der Waals surface area contributed by atoms with Crippen LogP contribution < -0.4 is 0 Å². The van der Waals surface area contributed by atoms with Gasteiger partial charge in [0.05, 0.1) is 12.5 Å². The Labute approximate surface area is 93.0 Å². The summed E-state index contributed by atoms with van der Waals surface area (Å²) in [7, 11) is 0. The minimum atomic E-state index is -2.66. The lowest BCUT2D eigenvalue weighted by molar-refractivity contribution is 0.146. The van der Waals surface area contributed by atoms with Crippen molar-refractivity contribution in [3.63, 3.8) is 0 Å². The molecule has 0 radical (unpaired) electrons. The van der Waals surface area contributed by atoms with E-state index in [2.05, 4.69) is 20.9 Å². The second-order valence-electron chi connectivity index (χ2n) is 2.56. The van der Waals surface area contributed by atoms with Crippen molar-refractivity contribution in [2.75, 3.05) is 0 Å². The molecule has 0 aromatic carbocycles. The number of pyridine rings is 1. The van der Waals surface area contributed by atoms with Gasteiger partial charge in [-0.1, -0.05) is 0 Å². The van der Waals surface area contributed by atoms with Gasteiger partial charge >= 0.3 is 0 Å². The molecule has 0 amide bonds. The summed E-state index contributed by atoms with van der Waals surface area (Å²) >= 11 is 8.55. The van der Waals surface area contributed by atoms with E-state index in [0.717, 1.165) is 0 Å². The van der Waals surface area contributed by atoms with E-state index in [1.54, 1.807) is 0 Å². The molecule has 0 saturated heterocycles. The standard InChI is InChI=1S/C8H7BrClF2NO/c9-7-5(1-10)6(8(11)12)4(3-14)2-13-7/h2,8,14H,1,3H2. The van der Waals surface area contributed by atoms with Crippen LogP contribution in [0.3, 0.4) is 0 Å². The summed E-state index contributed by atoms with van der Waals surface area (Å²) in [5, 5.41) is 8.85. The van der Waals surface area contributed by atoms with E-state index in [1.165, 1.54) is 6.20 Å². The Balaban J connectivity index is 3.36. The van der Waals surface area contributed by atoms with Crippen LogP contribution in [0.2, 0.25) is 0 Å². The number of hydrogen-bond acceptors (Lipinski definition) is 2. The van der Waals surface area contributed by atoms with Crippen LogP contribution in [0.25, 0.3) is 0 Å². The van der Waals surface area contributed by atoms with Crippen molar-refractivity contribution in [3.8, 4) is 0 Å². The molecule has 0 spiro atoms. The topological polar surface area (TPSA) is 33.1 Å². The molecule has 14 heavy (non-hydrogen) atoms. The minimum Gasteiger partial charge on any atom is -0.392 e. The predicted octanol–water partition coefficient (Wildman–Crippen LogP) is 3.01. The van der Waals surface area contributed by atoms with Gasteiger partial charge in [-0.25, -0.2) is 13.8 Å². The van der Waals surface area contributed by atoms with E-state index in [9.17, 15) is 8.78 Å². The van der Waals surface area contributed by atoms with Crippen LogP contribution in [-0.4, -0.2) is 10.1 Å². The first-order valence-electron chi connectivity index (χ1n) is 3.73. The van der Waals surface area contributed by atoms with Crippen LogP contribution in [-0.2, 0) is 12.5 Å². The Morgan fingerprint density at radius 1 is 1.57 bits per heavy atom. The zero-order valence-corrected chi connectivity index (χ0v) is 9.32. The highest BCUT2D eigenvalue weighted by Gasteiger charge is 2.19. The maximum absolute atomic E-state index is 12.6. The molecular weight excluding hydrogens is 279 g/mol. The minimum absolute atomic E-state index is 0.0684. The summed E-state index contributed by atoms with van der Waals surface area (Å²) in [6.07, 6.45) is -1.45. The summed E-state index contributed by atoms with van der Waals surface area (Å²) in [4.78, 5) is 3.80. The fourth-order valence-electron chi connectivity index (χ4n) is 1.11. The first kappa shape index (κ1) is 11.8. The van der Waals surface area contributed by atoms with Gasteiger partial charge in [0.15, 0.2) is 0 Å². The highest BCUT2D eigenvalue weighted by atomic mass is 79.9. The van der Waals surface area contributed by atoms with Gasteiger partial charge in [0.1, 0.15) is 4.60 Å². The lowest BCUT2D eigenvalue weighted by atomic mass is 10.1. The Bertz CT molecular complexity index is 335. The predicted molar refractivity (Wildman–Crippen MR) is 52.4 cm³/mol. The maximum atomic E-state index is 12.6. The third-order valence-corrected chi connectivity index (χ3v) is 2.73. The number of hydrogen-bond donors (Lipinski definition) is 1. The summed E-state index contributed by atoms with van der Waals surface area (Å²) in [6, 6.07) is 0. The lowest BCUT2D eigenvalue weighted by Crippen LogP contribution is -2.02. The SMILES string of the molecule is OCc1cnc(Br)c(CCl)c1C(F)F. The second kappa shape index (κ2) is 5.00. The number of aromatic nitrogens is 1. The van der Waals surface area contributed by atoms with Crippen LogP contribution in [0.15, 0.2) is 10.8 Å². The molecule has 1 aromatic rings. The third-order valence-electron chi connectivity index (χ3n) is 1.78. The fourth-order valence-corrected chi connectivity index (χ4v) is 2.00. The molecule has 0 bridgehead atoms. The number of aliphatic hydroxyl groups is 1. The quantitative estimate of drug-likeness (QED) is 0.684. The van der Waals surface area contributed by atoms with Gasteiger partial charge in [0.25, 0.3) is 6.43 Å². The zero-order valence-electron chi connectivity index (χ0n) is 6.98. The highest BCUT2D eigenvalue weighted by molar-refractivity contribution is 9.10. The molecule has 1 N–H and O–H groups in total. The number of nitrogens with zero attached hydrogens (tertiary/aromatic N) is 1. The average molecular weight is 287 g/mol. The van der Waals surface area contributed by atoms with Crippen molar-refractivity contribution in [3.05, 3.63) is 27.5 Å². The third kappa shape index (κ3) is 2.21. The van der Waals surface area contributed by atoms with Crippen molar-refractivity contribution in [2.24, 2.45) is 0 Å². The van der Waals surface area contributed by atoms with E-state index in [1.807, 2.05) is 0 Å². The first-order chi connectivity index (χ1) is 6.61. The van der Waals surface area contributed by atoms with Crippen molar-refractivity contribution in [1.82, 2.24) is 4.98 Å². The Hall–Kier alpha value is -0.260. The van der Waals surface area contributed by atoms with Gasteiger partial charge in [0, 0.05) is 22.9 Å². The van der Waals surface area contributed by atoms with Gasteiger partial charge < -0.3 is 5.11 Å². The molecule has 0 aliphatic rings. The molecular formula is C8H7BrClF2NO. The van der Waals surface area contributed by atoms with Crippen molar-refractivity contribution in [1.29, 1.82) is 0 Å². The average Bonchev–Trinajstić information content (AvgIpc) is 2.17. The van der Waals surface area contributed by atoms with Crippen LogP contribution in [0.1, 0.15) is 23.1 Å². The number of halogens is 4. The Kier molecular flexibility index (Phi) is 4.22. The highest BCUT2D eigenvalue weighted by Crippen LogP contribution is 2.31. The van der Waals surface area contributed by atoms with E-state index in [4.69, 9.17) is 16.7 Å². The van der Waals surface area contributed by atoms with Crippen molar-refractivity contribution >= 4 is 27.5 Å². The summed E-state index contributed by atoms with van der Waals surface area (Å²) < 4.78 is 25.5. The summed E-state index contributed by atoms with van der Waals surface area (Å²) in [5.74, 6) is -0.0684. The molecule has 0 atom stereocenters. The molecule has 1 heterocycles. The fraction of sp³-hybridized carbons (Fsp3) is 0.375. The van der Waals surface area contributed by atoms with Gasteiger partial charge in [0.2, 0.25) is 0 Å². The molecule has 0 unspecified atom stereocenters. The zero-order chi connectivity index (χ0) is 10.7. The van der Waals surface area contributed by atoms with Crippen LogP contribution >= 0.6 is 27.5 Å². The lowest BCUT2D eigenvalue weighted by Gasteiger charge is -2.11. The molecule has 0 saturated carbocycles. The van der Waals surface area contributed by atoms with E-state index >= 15 is 0 Å². The van der Waals surface area contributed by atoms with Crippen molar-refractivity contribution < 1.29 is 13.9 Å². The smallest absolute Gasteiger partial charge is 0.264 e.